The molecule has 3 aromatic heterocycles. The van der Waals surface area contributed by atoms with Crippen molar-refractivity contribution < 1.29 is 4.52 Å². The minimum absolute atomic E-state index is 0.383. The van der Waals surface area contributed by atoms with Crippen LogP contribution in [0.5, 0.6) is 0 Å². The van der Waals surface area contributed by atoms with Crippen molar-refractivity contribution in [3.05, 3.63) is 36.4 Å². The van der Waals surface area contributed by atoms with Gasteiger partial charge in [0.15, 0.2) is 0 Å². The van der Waals surface area contributed by atoms with Gasteiger partial charge in [0.1, 0.15) is 12.2 Å². The Morgan fingerprint density at radius 1 is 1.00 bits per heavy atom. The van der Waals surface area contributed by atoms with E-state index in [1.165, 1.54) is 6.33 Å². The van der Waals surface area contributed by atoms with Gasteiger partial charge in [-0.3, -0.25) is 0 Å². The number of hydrogen-bond acceptors (Lipinski definition) is 7. The first-order valence-electron chi connectivity index (χ1n) is 5.64. The molecule has 7 heteroatoms. The van der Waals surface area contributed by atoms with E-state index in [1.54, 1.807) is 18.6 Å². The number of hydrogen-bond donors (Lipinski definition) is 0. The van der Waals surface area contributed by atoms with Crippen molar-refractivity contribution in [3.8, 4) is 22.8 Å². The van der Waals surface area contributed by atoms with Gasteiger partial charge < -0.3 is 4.52 Å². The average molecular weight is 254 g/mol. The van der Waals surface area contributed by atoms with Gasteiger partial charge in [0.25, 0.3) is 5.89 Å². The van der Waals surface area contributed by atoms with Crippen LogP contribution in [0.1, 0.15) is 11.5 Å². The van der Waals surface area contributed by atoms with Crippen LogP contribution >= 0.6 is 0 Å². The average Bonchev–Trinajstić information content (AvgIpc) is 2.89. The first kappa shape index (κ1) is 11.4. The first-order valence-corrected chi connectivity index (χ1v) is 5.64. The van der Waals surface area contributed by atoms with Crippen LogP contribution in [-0.2, 0) is 0 Å². The Bertz CT molecular complexity index is 706. The molecule has 0 aromatic carbocycles. The molecule has 3 rings (SSSR count). The summed E-state index contributed by atoms with van der Waals surface area (Å²) in [6.07, 6.45) is 6.44. The number of aromatic nitrogens is 6. The van der Waals surface area contributed by atoms with Crippen molar-refractivity contribution >= 4 is 0 Å². The zero-order valence-electron chi connectivity index (χ0n) is 10.4. The summed E-state index contributed by atoms with van der Waals surface area (Å²) in [7, 11) is 0. The van der Waals surface area contributed by atoms with Crippen LogP contribution in [0, 0.1) is 13.8 Å². The van der Waals surface area contributed by atoms with Crippen molar-refractivity contribution in [1.82, 2.24) is 30.1 Å². The van der Waals surface area contributed by atoms with Crippen LogP contribution in [0.25, 0.3) is 22.8 Å². The normalized spacial score (nSPS) is 10.6. The molecule has 94 valence electrons. The monoisotopic (exact) mass is 254 g/mol. The molecule has 0 saturated carbocycles. The molecule has 19 heavy (non-hydrogen) atoms. The molecule has 7 nitrogen and oxygen atoms in total. The van der Waals surface area contributed by atoms with E-state index < -0.39 is 0 Å². The van der Waals surface area contributed by atoms with Gasteiger partial charge >= 0.3 is 0 Å². The van der Waals surface area contributed by atoms with Crippen LogP contribution in [0.3, 0.4) is 0 Å². The van der Waals surface area contributed by atoms with Crippen LogP contribution < -0.4 is 0 Å². The predicted molar refractivity (Wildman–Crippen MR) is 65.8 cm³/mol. The van der Waals surface area contributed by atoms with Crippen molar-refractivity contribution in [2.45, 2.75) is 13.8 Å². The van der Waals surface area contributed by atoms with E-state index in [9.17, 15) is 0 Å². The maximum atomic E-state index is 5.22. The van der Waals surface area contributed by atoms with Gasteiger partial charge in [0.05, 0.1) is 16.8 Å². The summed E-state index contributed by atoms with van der Waals surface area (Å²) in [4.78, 5) is 20.5. The first-order chi connectivity index (χ1) is 9.24. The van der Waals surface area contributed by atoms with Crippen molar-refractivity contribution in [3.63, 3.8) is 0 Å². The summed E-state index contributed by atoms with van der Waals surface area (Å²) in [5.41, 5.74) is 2.20. The lowest BCUT2D eigenvalue weighted by Gasteiger charge is -1.96. The lowest BCUT2D eigenvalue weighted by Crippen LogP contribution is -1.90. The number of aryl methyl sites for hydroxylation is 2. The second-order valence-electron chi connectivity index (χ2n) is 3.96. The van der Waals surface area contributed by atoms with Crippen LogP contribution in [0.2, 0.25) is 0 Å². The van der Waals surface area contributed by atoms with E-state index in [4.69, 9.17) is 4.52 Å². The molecule has 0 bridgehead atoms. The highest BCUT2D eigenvalue weighted by Gasteiger charge is 2.13. The standard InChI is InChI=1S/C12H10N6O/c1-7-10(5-13-6-16-7)12-17-11(18-19-12)9-3-14-8(2)15-4-9/h3-6H,1-2H3. The van der Waals surface area contributed by atoms with Gasteiger partial charge in [-0.1, -0.05) is 5.16 Å². The van der Waals surface area contributed by atoms with E-state index in [1.807, 2.05) is 13.8 Å². The van der Waals surface area contributed by atoms with E-state index in [0.29, 0.717) is 28.7 Å². The minimum atomic E-state index is 0.383. The lowest BCUT2D eigenvalue weighted by atomic mass is 10.2. The number of rotatable bonds is 2. The molecule has 0 fully saturated rings. The molecule has 0 aliphatic carbocycles. The van der Waals surface area contributed by atoms with E-state index in [2.05, 4.69) is 30.1 Å². The molecule has 3 aromatic rings. The fourth-order valence-corrected chi connectivity index (χ4v) is 1.56. The molecule has 0 amide bonds. The largest absolute Gasteiger partial charge is 0.333 e. The van der Waals surface area contributed by atoms with Gasteiger partial charge in [-0.2, -0.15) is 4.98 Å². The van der Waals surface area contributed by atoms with Crippen molar-refractivity contribution in [1.29, 1.82) is 0 Å². The third-order valence-corrected chi connectivity index (χ3v) is 2.61. The van der Waals surface area contributed by atoms with Crippen molar-refractivity contribution in [2.24, 2.45) is 0 Å². The van der Waals surface area contributed by atoms with Gasteiger partial charge in [-0.15, -0.1) is 0 Å². The maximum Gasteiger partial charge on any atom is 0.261 e. The second kappa shape index (κ2) is 4.52. The lowest BCUT2D eigenvalue weighted by molar-refractivity contribution is 0.431. The molecular weight excluding hydrogens is 244 g/mol. The van der Waals surface area contributed by atoms with Gasteiger partial charge in [-0.05, 0) is 13.8 Å². The summed E-state index contributed by atoms with van der Waals surface area (Å²) in [5.74, 6) is 1.52. The topological polar surface area (TPSA) is 90.5 Å². The highest BCUT2D eigenvalue weighted by atomic mass is 16.5. The Labute approximate surface area is 108 Å². The highest BCUT2D eigenvalue weighted by Crippen LogP contribution is 2.22. The molecule has 0 N–H and O–H groups in total. The SMILES string of the molecule is Cc1ncc(-c2noc(-c3cncnc3C)n2)cn1. The predicted octanol–water partition coefficient (Wildman–Crippen LogP) is 1.60. The molecular formula is C12H10N6O. The summed E-state index contributed by atoms with van der Waals surface area (Å²) in [6.45, 7) is 3.67. The third kappa shape index (κ3) is 2.17. The Hall–Kier alpha value is -2.70. The summed E-state index contributed by atoms with van der Waals surface area (Å²) < 4.78 is 5.22. The maximum absolute atomic E-state index is 5.22. The Balaban J connectivity index is 2.00. The highest BCUT2D eigenvalue weighted by molar-refractivity contribution is 5.59. The van der Waals surface area contributed by atoms with Gasteiger partial charge in [-0.25, -0.2) is 19.9 Å². The van der Waals surface area contributed by atoms with Crippen LogP contribution in [0.15, 0.2) is 29.4 Å². The summed E-state index contributed by atoms with van der Waals surface area (Å²) in [6, 6.07) is 0. The second-order valence-corrected chi connectivity index (χ2v) is 3.96. The molecule has 0 aliphatic rings. The van der Waals surface area contributed by atoms with Crippen molar-refractivity contribution in [2.75, 3.05) is 0 Å². The Kier molecular flexibility index (Phi) is 2.71. The zero-order valence-corrected chi connectivity index (χ0v) is 10.4. The van der Waals surface area contributed by atoms with E-state index >= 15 is 0 Å². The fraction of sp³-hybridized carbons (Fsp3) is 0.167. The molecule has 0 saturated heterocycles. The molecule has 0 aliphatic heterocycles. The molecule has 0 radical (unpaired) electrons. The third-order valence-electron chi connectivity index (χ3n) is 2.61. The van der Waals surface area contributed by atoms with Gasteiger partial charge in [0.2, 0.25) is 5.82 Å². The molecule has 0 unspecified atom stereocenters. The van der Waals surface area contributed by atoms with Gasteiger partial charge in [0, 0.05) is 18.6 Å². The number of nitrogens with zero attached hydrogens (tertiary/aromatic N) is 6. The quantitative estimate of drug-likeness (QED) is 0.685. The summed E-state index contributed by atoms with van der Waals surface area (Å²) in [5, 5.41) is 3.91. The van der Waals surface area contributed by atoms with Crippen LogP contribution in [0.4, 0.5) is 0 Å². The Morgan fingerprint density at radius 2 is 1.79 bits per heavy atom. The summed E-state index contributed by atoms with van der Waals surface area (Å²) >= 11 is 0. The Morgan fingerprint density at radius 3 is 2.53 bits per heavy atom. The zero-order chi connectivity index (χ0) is 13.2. The minimum Gasteiger partial charge on any atom is -0.333 e. The molecule has 3 heterocycles. The smallest absolute Gasteiger partial charge is 0.261 e. The molecule has 0 spiro atoms. The molecule has 0 atom stereocenters. The fourth-order valence-electron chi connectivity index (χ4n) is 1.56. The van der Waals surface area contributed by atoms with Crippen LogP contribution in [-0.4, -0.2) is 30.1 Å². The van der Waals surface area contributed by atoms with E-state index in [0.717, 1.165) is 5.69 Å². The van der Waals surface area contributed by atoms with E-state index in [-0.39, 0.29) is 0 Å².